The van der Waals surface area contributed by atoms with Gasteiger partial charge in [-0.05, 0) is 25.0 Å². The molecule has 0 aromatic heterocycles. The van der Waals surface area contributed by atoms with Gasteiger partial charge < -0.3 is 16.5 Å². The Balaban J connectivity index is 2.37. The summed E-state index contributed by atoms with van der Waals surface area (Å²) in [5, 5.41) is 9.58. The molecule has 7 heteroatoms. The van der Waals surface area contributed by atoms with Gasteiger partial charge in [-0.25, -0.2) is 8.42 Å². The molecular formula is C15H20ClN3O2S. The summed E-state index contributed by atoms with van der Waals surface area (Å²) in [6.45, 7) is 0. The third-order valence-corrected chi connectivity index (χ3v) is 6.47. The van der Waals surface area contributed by atoms with E-state index in [4.69, 9.17) is 22.7 Å². The molecule has 0 amide bonds. The van der Waals surface area contributed by atoms with Gasteiger partial charge in [-0.3, -0.25) is 0 Å². The van der Waals surface area contributed by atoms with Crippen LogP contribution in [0.3, 0.4) is 0 Å². The first-order chi connectivity index (χ1) is 10.5. The van der Waals surface area contributed by atoms with Gasteiger partial charge in [-0.2, -0.15) is 0 Å². The standard InChI is InChI=1S/C15H20ClN3O2S/c16-12(10-17)15(18)19-13-8-4-5-9-14(13)22(20,21)11-6-2-1-3-7-11/h4-5,8-11,17,19H,1-3,6-7,18H2/b15-12-,17-10?. The summed E-state index contributed by atoms with van der Waals surface area (Å²) in [6.07, 6.45) is 5.29. The molecule has 0 bridgehead atoms. The van der Waals surface area contributed by atoms with Gasteiger partial charge in [0.05, 0.1) is 20.9 Å². The first-order valence-electron chi connectivity index (χ1n) is 7.22. The van der Waals surface area contributed by atoms with Crippen LogP contribution in [0.2, 0.25) is 0 Å². The van der Waals surface area contributed by atoms with Crippen molar-refractivity contribution in [3.63, 3.8) is 0 Å². The number of allylic oxidation sites excluding steroid dienone is 1. The minimum absolute atomic E-state index is 0.0323. The topological polar surface area (TPSA) is 96.0 Å². The van der Waals surface area contributed by atoms with Crippen LogP contribution in [0.25, 0.3) is 0 Å². The van der Waals surface area contributed by atoms with Crippen molar-refractivity contribution in [2.45, 2.75) is 42.2 Å². The number of para-hydroxylation sites is 1. The van der Waals surface area contributed by atoms with E-state index in [0.29, 0.717) is 18.5 Å². The molecule has 0 spiro atoms. The third-order valence-electron chi connectivity index (χ3n) is 3.84. The second-order valence-corrected chi connectivity index (χ2v) is 7.94. The van der Waals surface area contributed by atoms with Crippen LogP contribution in [-0.2, 0) is 9.84 Å². The number of nitrogens with one attached hydrogen (secondary N) is 2. The number of sulfone groups is 1. The van der Waals surface area contributed by atoms with E-state index < -0.39 is 9.84 Å². The van der Waals surface area contributed by atoms with Crippen LogP contribution in [0.1, 0.15) is 32.1 Å². The van der Waals surface area contributed by atoms with E-state index >= 15 is 0 Å². The number of benzene rings is 1. The van der Waals surface area contributed by atoms with Gasteiger partial charge >= 0.3 is 0 Å². The molecule has 0 atom stereocenters. The largest absolute Gasteiger partial charge is 0.384 e. The lowest BCUT2D eigenvalue weighted by Gasteiger charge is -2.23. The van der Waals surface area contributed by atoms with Crippen LogP contribution in [0.4, 0.5) is 5.69 Å². The summed E-state index contributed by atoms with van der Waals surface area (Å²) in [5.74, 6) is 0.0583. The minimum Gasteiger partial charge on any atom is -0.384 e. The summed E-state index contributed by atoms with van der Waals surface area (Å²) in [6, 6.07) is 6.65. The van der Waals surface area contributed by atoms with Crippen molar-refractivity contribution in [3.8, 4) is 0 Å². The molecule has 0 radical (unpaired) electrons. The summed E-state index contributed by atoms with van der Waals surface area (Å²) >= 11 is 5.78. The molecule has 1 fully saturated rings. The summed E-state index contributed by atoms with van der Waals surface area (Å²) in [7, 11) is -3.41. The highest BCUT2D eigenvalue weighted by Gasteiger charge is 2.30. The number of nitrogens with two attached hydrogens (primary N) is 1. The quantitative estimate of drug-likeness (QED) is 0.716. The van der Waals surface area contributed by atoms with Gasteiger partial charge in [0.1, 0.15) is 5.82 Å². The maximum absolute atomic E-state index is 12.9. The van der Waals surface area contributed by atoms with E-state index in [1.165, 1.54) is 0 Å². The highest BCUT2D eigenvalue weighted by atomic mass is 35.5. The van der Waals surface area contributed by atoms with E-state index in [9.17, 15) is 8.42 Å². The van der Waals surface area contributed by atoms with E-state index in [2.05, 4.69) is 5.32 Å². The Kier molecular flexibility index (Phi) is 5.47. The molecule has 1 aliphatic carbocycles. The van der Waals surface area contributed by atoms with Crippen molar-refractivity contribution >= 4 is 33.3 Å². The molecule has 0 saturated heterocycles. The molecule has 1 aliphatic rings. The lowest BCUT2D eigenvalue weighted by atomic mass is 10.0. The molecule has 0 aliphatic heterocycles. The Hall–Kier alpha value is -1.53. The predicted octanol–water partition coefficient (Wildman–Crippen LogP) is 3.22. The number of halogens is 1. The van der Waals surface area contributed by atoms with Gasteiger partial charge in [0.15, 0.2) is 9.84 Å². The Bertz CT molecular complexity index is 680. The monoisotopic (exact) mass is 341 g/mol. The molecule has 0 unspecified atom stereocenters. The molecule has 120 valence electrons. The zero-order valence-corrected chi connectivity index (χ0v) is 13.8. The van der Waals surface area contributed by atoms with Crippen LogP contribution in [-0.4, -0.2) is 19.9 Å². The Morgan fingerprint density at radius 3 is 2.55 bits per heavy atom. The molecule has 0 heterocycles. The predicted molar refractivity (Wildman–Crippen MR) is 90.0 cm³/mol. The highest BCUT2D eigenvalue weighted by Crippen LogP contribution is 2.32. The molecular weight excluding hydrogens is 322 g/mol. The number of anilines is 1. The number of rotatable bonds is 5. The first kappa shape index (κ1) is 16.8. The van der Waals surface area contributed by atoms with Crippen LogP contribution >= 0.6 is 11.6 Å². The Labute approximate surface area is 136 Å². The summed E-state index contributed by atoms with van der Waals surface area (Å²) in [5.41, 5.74) is 6.13. The second-order valence-electron chi connectivity index (χ2n) is 5.33. The van der Waals surface area contributed by atoms with Gasteiger partial charge in [0.2, 0.25) is 0 Å². The Morgan fingerprint density at radius 2 is 1.91 bits per heavy atom. The average molecular weight is 342 g/mol. The normalized spacial score (nSPS) is 17.7. The van der Waals surface area contributed by atoms with Crippen LogP contribution < -0.4 is 11.1 Å². The van der Waals surface area contributed by atoms with E-state index in [1.54, 1.807) is 24.3 Å². The van der Waals surface area contributed by atoms with Gasteiger partial charge in [0, 0.05) is 6.21 Å². The zero-order chi connectivity index (χ0) is 16.2. The fourth-order valence-corrected chi connectivity index (χ4v) is 4.71. The van der Waals surface area contributed by atoms with Crippen LogP contribution in [0.5, 0.6) is 0 Å². The third kappa shape index (κ3) is 3.62. The SMILES string of the molecule is N=C/C(Cl)=C(\N)Nc1ccccc1S(=O)(=O)C1CCCCC1. The maximum Gasteiger partial charge on any atom is 0.183 e. The minimum atomic E-state index is -3.41. The fraction of sp³-hybridized carbons (Fsp3) is 0.400. The van der Waals surface area contributed by atoms with Crippen molar-refractivity contribution in [1.82, 2.24) is 0 Å². The van der Waals surface area contributed by atoms with Crippen LogP contribution in [0, 0.1) is 5.41 Å². The highest BCUT2D eigenvalue weighted by molar-refractivity contribution is 7.92. The van der Waals surface area contributed by atoms with Gasteiger partial charge in [-0.15, -0.1) is 0 Å². The zero-order valence-electron chi connectivity index (χ0n) is 12.2. The van der Waals surface area contributed by atoms with Crippen LogP contribution in [0.15, 0.2) is 40.0 Å². The van der Waals surface area contributed by atoms with Crippen molar-refractivity contribution in [2.24, 2.45) is 5.73 Å². The second kappa shape index (κ2) is 7.15. The summed E-state index contributed by atoms with van der Waals surface area (Å²) < 4.78 is 25.7. The van der Waals surface area contributed by atoms with E-state index in [-0.39, 0.29) is 21.0 Å². The molecule has 1 aromatic carbocycles. The fourth-order valence-electron chi connectivity index (χ4n) is 2.66. The van der Waals surface area contributed by atoms with E-state index in [1.807, 2.05) is 0 Å². The van der Waals surface area contributed by atoms with Crippen molar-refractivity contribution in [3.05, 3.63) is 35.1 Å². The molecule has 1 aromatic rings. The molecule has 2 rings (SSSR count). The Morgan fingerprint density at radius 1 is 1.27 bits per heavy atom. The van der Waals surface area contributed by atoms with Crippen molar-refractivity contribution in [2.75, 3.05) is 5.32 Å². The maximum atomic E-state index is 12.9. The lowest BCUT2D eigenvalue weighted by Crippen LogP contribution is -2.25. The number of hydrogen-bond donors (Lipinski definition) is 3. The van der Waals surface area contributed by atoms with Crippen molar-refractivity contribution in [1.29, 1.82) is 5.41 Å². The molecule has 1 saturated carbocycles. The smallest absolute Gasteiger partial charge is 0.183 e. The number of hydrogen-bond acceptors (Lipinski definition) is 5. The van der Waals surface area contributed by atoms with E-state index in [0.717, 1.165) is 25.5 Å². The molecule has 4 N–H and O–H groups in total. The summed E-state index contributed by atoms with van der Waals surface area (Å²) in [4.78, 5) is 0.235. The van der Waals surface area contributed by atoms with Crippen molar-refractivity contribution < 1.29 is 8.42 Å². The van der Waals surface area contributed by atoms with Gasteiger partial charge in [0.25, 0.3) is 0 Å². The molecule has 22 heavy (non-hydrogen) atoms. The van der Waals surface area contributed by atoms with Gasteiger partial charge in [-0.1, -0.05) is 43.0 Å². The lowest BCUT2D eigenvalue weighted by molar-refractivity contribution is 0.484. The first-order valence-corrected chi connectivity index (χ1v) is 9.15. The molecule has 5 nitrogen and oxygen atoms in total. The average Bonchev–Trinajstić information content (AvgIpc) is 2.55.